The minimum Gasteiger partial charge on any atom is -0.488 e. The molecule has 0 saturated carbocycles. The second kappa shape index (κ2) is 6.34. The summed E-state index contributed by atoms with van der Waals surface area (Å²) in [6.45, 7) is 7.64. The summed E-state index contributed by atoms with van der Waals surface area (Å²) in [4.78, 5) is -0.0956. The van der Waals surface area contributed by atoms with E-state index in [-0.39, 0.29) is 22.7 Å². The van der Waals surface area contributed by atoms with Crippen molar-refractivity contribution in [3.63, 3.8) is 0 Å². The lowest BCUT2D eigenvalue weighted by molar-refractivity contribution is 0.231. The lowest BCUT2D eigenvalue weighted by Gasteiger charge is -2.12. The summed E-state index contributed by atoms with van der Waals surface area (Å²) in [5.74, 6) is -0.442. The Balaban J connectivity index is 2.94. The van der Waals surface area contributed by atoms with Gasteiger partial charge in [0.1, 0.15) is 0 Å². The van der Waals surface area contributed by atoms with Gasteiger partial charge in [0.05, 0.1) is 11.0 Å². The minimum absolute atomic E-state index is 0.0535. The number of hydrogen-bond donors (Lipinski definition) is 1. The average Bonchev–Trinajstić information content (AvgIpc) is 2.28. The maximum absolute atomic E-state index is 13.7. The van der Waals surface area contributed by atoms with Crippen LogP contribution >= 0.6 is 0 Å². The van der Waals surface area contributed by atoms with Crippen molar-refractivity contribution in [1.29, 1.82) is 0 Å². The number of halogens is 1. The van der Waals surface area contributed by atoms with Gasteiger partial charge in [-0.15, -0.1) is 0 Å². The second-order valence-corrected chi connectivity index (χ2v) is 6.77. The molecule has 0 aliphatic rings. The first-order chi connectivity index (χ1) is 8.72. The van der Waals surface area contributed by atoms with E-state index < -0.39 is 15.8 Å². The SMILES string of the molecule is CC(C)CNS(=O)(=O)c1ccc(OC(C)C)c(F)c1. The molecular formula is C13H20FNO3S. The predicted molar refractivity (Wildman–Crippen MR) is 72.2 cm³/mol. The maximum atomic E-state index is 13.7. The third-order valence-corrected chi connectivity index (χ3v) is 3.68. The standard InChI is InChI=1S/C13H20FNO3S/c1-9(2)8-15-19(16,17)11-5-6-13(12(14)7-11)18-10(3)4/h5-7,9-10,15H,8H2,1-4H3. The Kier molecular flexibility index (Phi) is 5.31. The highest BCUT2D eigenvalue weighted by Gasteiger charge is 2.17. The molecule has 1 rings (SSSR count). The van der Waals surface area contributed by atoms with Crippen LogP contribution in [0.3, 0.4) is 0 Å². The van der Waals surface area contributed by atoms with E-state index in [4.69, 9.17) is 4.74 Å². The van der Waals surface area contributed by atoms with Crippen LogP contribution in [-0.4, -0.2) is 21.1 Å². The Labute approximate surface area is 114 Å². The second-order valence-electron chi connectivity index (χ2n) is 5.00. The van der Waals surface area contributed by atoms with Gasteiger partial charge >= 0.3 is 0 Å². The molecular weight excluding hydrogens is 269 g/mol. The van der Waals surface area contributed by atoms with Gasteiger partial charge in [-0.2, -0.15) is 0 Å². The van der Waals surface area contributed by atoms with E-state index >= 15 is 0 Å². The van der Waals surface area contributed by atoms with E-state index in [0.29, 0.717) is 6.54 Å². The topological polar surface area (TPSA) is 55.4 Å². The van der Waals surface area contributed by atoms with Crippen molar-refractivity contribution in [2.24, 2.45) is 5.92 Å². The van der Waals surface area contributed by atoms with Gasteiger partial charge in [-0.05, 0) is 38.0 Å². The molecule has 19 heavy (non-hydrogen) atoms. The molecule has 0 saturated heterocycles. The van der Waals surface area contributed by atoms with E-state index in [0.717, 1.165) is 6.07 Å². The summed E-state index contributed by atoms with van der Waals surface area (Å²) in [7, 11) is -3.67. The van der Waals surface area contributed by atoms with Crippen molar-refractivity contribution >= 4 is 10.0 Å². The number of benzene rings is 1. The van der Waals surface area contributed by atoms with E-state index in [1.54, 1.807) is 13.8 Å². The summed E-state index contributed by atoms with van der Waals surface area (Å²) < 4.78 is 45.2. The molecule has 0 spiro atoms. The Morgan fingerprint density at radius 1 is 1.26 bits per heavy atom. The first-order valence-electron chi connectivity index (χ1n) is 6.18. The van der Waals surface area contributed by atoms with Gasteiger partial charge in [0.25, 0.3) is 0 Å². The lowest BCUT2D eigenvalue weighted by atomic mass is 10.2. The van der Waals surface area contributed by atoms with Gasteiger partial charge < -0.3 is 4.74 Å². The van der Waals surface area contributed by atoms with Crippen LogP contribution in [0.1, 0.15) is 27.7 Å². The van der Waals surface area contributed by atoms with Gasteiger partial charge in [0, 0.05) is 6.54 Å². The molecule has 0 radical (unpaired) electrons. The number of hydrogen-bond acceptors (Lipinski definition) is 3. The summed E-state index contributed by atoms with van der Waals surface area (Å²) >= 11 is 0. The van der Waals surface area contributed by atoms with Crippen molar-refractivity contribution in [2.45, 2.75) is 38.7 Å². The van der Waals surface area contributed by atoms with Crippen LogP contribution in [0.2, 0.25) is 0 Å². The molecule has 1 N–H and O–H groups in total. The first kappa shape index (κ1) is 15.9. The molecule has 0 fully saturated rings. The fourth-order valence-electron chi connectivity index (χ4n) is 1.36. The summed E-state index contributed by atoms with van der Waals surface area (Å²) in [5.41, 5.74) is 0. The zero-order chi connectivity index (χ0) is 14.6. The number of rotatable bonds is 6. The van der Waals surface area contributed by atoms with Crippen LogP contribution in [0.25, 0.3) is 0 Å². The molecule has 0 aliphatic carbocycles. The number of sulfonamides is 1. The van der Waals surface area contributed by atoms with Gasteiger partial charge in [0.15, 0.2) is 11.6 Å². The third kappa shape index (κ3) is 4.80. The summed E-state index contributed by atoms with van der Waals surface area (Å²) in [6.07, 6.45) is -0.170. The third-order valence-electron chi connectivity index (χ3n) is 2.26. The molecule has 0 unspecified atom stereocenters. The predicted octanol–water partition coefficient (Wildman–Crippen LogP) is 2.55. The zero-order valence-corrected chi connectivity index (χ0v) is 12.4. The molecule has 6 heteroatoms. The normalized spacial score (nSPS) is 12.2. The highest BCUT2D eigenvalue weighted by atomic mass is 32.2. The van der Waals surface area contributed by atoms with E-state index in [1.165, 1.54) is 12.1 Å². The molecule has 0 bridgehead atoms. The zero-order valence-electron chi connectivity index (χ0n) is 11.6. The molecule has 0 heterocycles. The molecule has 1 aromatic carbocycles. The first-order valence-corrected chi connectivity index (χ1v) is 7.66. The van der Waals surface area contributed by atoms with Crippen LogP contribution in [0, 0.1) is 11.7 Å². The van der Waals surface area contributed by atoms with E-state index in [1.807, 2.05) is 13.8 Å². The van der Waals surface area contributed by atoms with Crippen molar-refractivity contribution in [1.82, 2.24) is 4.72 Å². The van der Waals surface area contributed by atoms with Gasteiger partial charge in [-0.3, -0.25) is 0 Å². The van der Waals surface area contributed by atoms with E-state index in [2.05, 4.69) is 4.72 Å². The lowest BCUT2D eigenvalue weighted by Crippen LogP contribution is -2.27. The van der Waals surface area contributed by atoms with E-state index in [9.17, 15) is 12.8 Å². The molecule has 0 amide bonds. The fourth-order valence-corrected chi connectivity index (χ4v) is 2.58. The molecule has 1 aromatic rings. The van der Waals surface area contributed by atoms with Crippen molar-refractivity contribution in [3.8, 4) is 5.75 Å². The van der Waals surface area contributed by atoms with Crippen molar-refractivity contribution < 1.29 is 17.5 Å². The van der Waals surface area contributed by atoms with Gasteiger partial charge in [0.2, 0.25) is 10.0 Å². The molecule has 0 aliphatic heterocycles. The minimum atomic E-state index is -3.67. The highest BCUT2D eigenvalue weighted by Crippen LogP contribution is 2.22. The van der Waals surface area contributed by atoms with Crippen LogP contribution in [0.15, 0.2) is 23.1 Å². The van der Waals surface area contributed by atoms with Gasteiger partial charge in [-0.1, -0.05) is 13.8 Å². The molecule has 0 aromatic heterocycles. The smallest absolute Gasteiger partial charge is 0.240 e. The van der Waals surface area contributed by atoms with Crippen molar-refractivity contribution in [2.75, 3.05) is 6.54 Å². The van der Waals surface area contributed by atoms with Crippen LogP contribution in [0.4, 0.5) is 4.39 Å². The summed E-state index contributed by atoms with van der Waals surface area (Å²) in [5, 5.41) is 0. The molecule has 0 atom stereocenters. The quantitative estimate of drug-likeness (QED) is 0.875. The number of nitrogens with one attached hydrogen (secondary N) is 1. The summed E-state index contributed by atoms with van der Waals surface area (Å²) in [6, 6.07) is 3.64. The Hall–Kier alpha value is -1.14. The Morgan fingerprint density at radius 3 is 2.37 bits per heavy atom. The Bertz CT molecular complexity index is 527. The monoisotopic (exact) mass is 289 g/mol. The average molecular weight is 289 g/mol. The maximum Gasteiger partial charge on any atom is 0.240 e. The van der Waals surface area contributed by atoms with Crippen LogP contribution in [-0.2, 0) is 10.0 Å². The molecule has 108 valence electrons. The largest absolute Gasteiger partial charge is 0.488 e. The Morgan fingerprint density at radius 2 is 1.89 bits per heavy atom. The van der Waals surface area contributed by atoms with Crippen LogP contribution in [0.5, 0.6) is 5.75 Å². The highest BCUT2D eigenvalue weighted by molar-refractivity contribution is 7.89. The fraction of sp³-hybridized carbons (Fsp3) is 0.538. The van der Waals surface area contributed by atoms with Gasteiger partial charge in [-0.25, -0.2) is 17.5 Å². The van der Waals surface area contributed by atoms with Crippen molar-refractivity contribution in [3.05, 3.63) is 24.0 Å². The number of ether oxygens (including phenoxy) is 1. The molecule has 4 nitrogen and oxygen atoms in total. The van der Waals surface area contributed by atoms with Crippen LogP contribution < -0.4 is 9.46 Å².